The molecule has 2 aliphatic rings. The minimum absolute atomic E-state index is 0.179. The lowest BCUT2D eigenvalue weighted by atomic mass is 10.3. The lowest BCUT2D eigenvalue weighted by molar-refractivity contribution is -0.122. The van der Waals surface area contributed by atoms with Gasteiger partial charge in [0.2, 0.25) is 5.91 Å². The summed E-state index contributed by atoms with van der Waals surface area (Å²) >= 11 is 0. The zero-order valence-corrected chi connectivity index (χ0v) is 15.6. The summed E-state index contributed by atoms with van der Waals surface area (Å²) in [7, 11) is 0. The largest absolute Gasteiger partial charge is 0.357 e. The van der Waals surface area contributed by atoms with Crippen molar-refractivity contribution in [3.63, 3.8) is 0 Å². The molecule has 0 spiro atoms. The normalized spacial score (nSPS) is 17.3. The van der Waals surface area contributed by atoms with Crippen molar-refractivity contribution in [2.45, 2.75) is 39.2 Å². The van der Waals surface area contributed by atoms with Crippen LogP contribution in [0.2, 0.25) is 0 Å². The van der Waals surface area contributed by atoms with Crippen LogP contribution in [0.5, 0.6) is 0 Å². The summed E-state index contributed by atoms with van der Waals surface area (Å²) in [5.41, 5.74) is 1.09. The van der Waals surface area contributed by atoms with Crippen LogP contribution in [-0.4, -0.2) is 49.6 Å². The lowest BCUT2D eigenvalue weighted by Gasteiger charge is -2.16. The summed E-state index contributed by atoms with van der Waals surface area (Å²) in [6.07, 6.45) is 6.50. The topological polar surface area (TPSA) is 81.7 Å². The van der Waals surface area contributed by atoms with E-state index in [0.29, 0.717) is 19.6 Å². The van der Waals surface area contributed by atoms with E-state index in [0.717, 1.165) is 49.8 Å². The molecule has 7 nitrogen and oxygen atoms in total. The molecule has 0 radical (unpaired) electrons. The van der Waals surface area contributed by atoms with Gasteiger partial charge in [-0.1, -0.05) is 6.07 Å². The molecule has 0 aromatic carbocycles. The number of nitrogens with zero attached hydrogens (tertiary/aromatic N) is 3. The number of hydrogen-bond acceptors (Lipinski definition) is 4. The molecule has 26 heavy (non-hydrogen) atoms. The van der Waals surface area contributed by atoms with Crippen molar-refractivity contribution in [1.82, 2.24) is 20.9 Å². The van der Waals surface area contributed by atoms with Crippen LogP contribution in [-0.2, 0) is 11.3 Å². The van der Waals surface area contributed by atoms with Crippen molar-refractivity contribution >= 4 is 17.7 Å². The predicted octanol–water partition coefficient (Wildman–Crippen LogP) is 1.26. The van der Waals surface area contributed by atoms with Gasteiger partial charge < -0.3 is 20.9 Å². The maximum absolute atomic E-state index is 11.6. The molecule has 2 heterocycles. The van der Waals surface area contributed by atoms with Crippen LogP contribution < -0.4 is 20.9 Å². The van der Waals surface area contributed by atoms with Crippen molar-refractivity contribution in [2.24, 2.45) is 10.9 Å². The van der Waals surface area contributed by atoms with E-state index in [4.69, 9.17) is 0 Å². The summed E-state index contributed by atoms with van der Waals surface area (Å²) in [6, 6.07) is 4.19. The van der Waals surface area contributed by atoms with E-state index in [-0.39, 0.29) is 11.8 Å². The smallest absolute Gasteiger partial charge is 0.223 e. The molecular formula is C19H30N6O. The molecule has 2 fully saturated rings. The standard InChI is InChI=1S/C19H30N6O/c1-2-20-19(22-10-9-21-18(26)16-6-7-16)24-14-15-5-8-17(23-13-15)25-11-3-4-12-25/h5,8,13,16H,2-4,6-7,9-12,14H2,1H3,(H,21,26)(H2,20,22,24). The van der Waals surface area contributed by atoms with Crippen molar-refractivity contribution in [3.05, 3.63) is 23.9 Å². The number of nitrogens with one attached hydrogen (secondary N) is 3. The van der Waals surface area contributed by atoms with E-state index >= 15 is 0 Å². The van der Waals surface area contributed by atoms with Gasteiger partial charge in [0, 0.05) is 44.8 Å². The van der Waals surface area contributed by atoms with Crippen LogP contribution in [0.3, 0.4) is 0 Å². The third-order valence-electron chi connectivity index (χ3n) is 4.67. The number of anilines is 1. The third kappa shape index (κ3) is 5.61. The minimum atomic E-state index is 0.179. The maximum atomic E-state index is 11.6. The lowest BCUT2D eigenvalue weighted by Crippen LogP contribution is -2.41. The minimum Gasteiger partial charge on any atom is -0.357 e. The first-order valence-electron chi connectivity index (χ1n) is 9.76. The monoisotopic (exact) mass is 358 g/mol. The molecule has 1 saturated carbocycles. The fourth-order valence-electron chi connectivity index (χ4n) is 3.01. The summed E-state index contributed by atoms with van der Waals surface area (Å²) in [5.74, 6) is 2.26. The molecule has 3 N–H and O–H groups in total. The van der Waals surface area contributed by atoms with Gasteiger partial charge >= 0.3 is 0 Å². The third-order valence-corrected chi connectivity index (χ3v) is 4.67. The van der Waals surface area contributed by atoms with Crippen molar-refractivity contribution in [3.8, 4) is 0 Å². The van der Waals surface area contributed by atoms with Gasteiger partial charge in [-0.15, -0.1) is 0 Å². The Kier molecular flexibility index (Phi) is 6.68. The summed E-state index contributed by atoms with van der Waals surface area (Å²) in [5, 5.41) is 9.44. The number of hydrogen-bond donors (Lipinski definition) is 3. The van der Waals surface area contributed by atoms with Crippen molar-refractivity contribution < 1.29 is 4.79 Å². The van der Waals surface area contributed by atoms with Crippen molar-refractivity contribution in [2.75, 3.05) is 37.6 Å². The summed E-state index contributed by atoms with van der Waals surface area (Å²) < 4.78 is 0. The highest BCUT2D eigenvalue weighted by Gasteiger charge is 2.28. The molecule has 1 aromatic heterocycles. The molecule has 1 saturated heterocycles. The quantitative estimate of drug-likeness (QED) is 0.370. The number of pyridine rings is 1. The number of guanidine groups is 1. The van der Waals surface area contributed by atoms with Gasteiger partial charge in [-0.2, -0.15) is 0 Å². The average molecular weight is 358 g/mol. The Bertz CT molecular complexity index is 605. The van der Waals surface area contributed by atoms with Crippen LogP contribution in [0.15, 0.2) is 23.3 Å². The Hall–Kier alpha value is -2.31. The molecule has 1 aliphatic heterocycles. The highest BCUT2D eigenvalue weighted by Crippen LogP contribution is 2.28. The van der Waals surface area contributed by atoms with Gasteiger partial charge in [0.05, 0.1) is 6.54 Å². The van der Waals surface area contributed by atoms with E-state index in [9.17, 15) is 4.79 Å². The number of carbonyl (C=O) groups is 1. The molecule has 1 amide bonds. The van der Waals surface area contributed by atoms with Crippen LogP contribution in [0.25, 0.3) is 0 Å². The molecule has 1 aromatic rings. The molecule has 0 atom stereocenters. The number of amides is 1. The maximum Gasteiger partial charge on any atom is 0.223 e. The van der Waals surface area contributed by atoms with E-state index in [1.54, 1.807) is 0 Å². The summed E-state index contributed by atoms with van der Waals surface area (Å²) in [4.78, 5) is 23.1. The fourth-order valence-corrected chi connectivity index (χ4v) is 3.01. The van der Waals surface area contributed by atoms with Crippen LogP contribution >= 0.6 is 0 Å². The first-order valence-corrected chi connectivity index (χ1v) is 9.76. The van der Waals surface area contributed by atoms with E-state index < -0.39 is 0 Å². The van der Waals surface area contributed by atoms with Crippen LogP contribution in [0.1, 0.15) is 38.2 Å². The van der Waals surface area contributed by atoms with Gasteiger partial charge in [0.1, 0.15) is 5.82 Å². The number of rotatable bonds is 8. The highest BCUT2D eigenvalue weighted by molar-refractivity contribution is 5.81. The second-order valence-corrected chi connectivity index (χ2v) is 6.91. The Morgan fingerprint density at radius 3 is 2.62 bits per heavy atom. The van der Waals surface area contributed by atoms with E-state index in [1.807, 2.05) is 13.1 Å². The van der Waals surface area contributed by atoms with Crippen LogP contribution in [0, 0.1) is 5.92 Å². The number of aliphatic imine (C=N–C) groups is 1. The molecule has 142 valence electrons. The molecular weight excluding hydrogens is 328 g/mol. The van der Waals surface area contributed by atoms with Crippen LogP contribution in [0.4, 0.5) is 5.82 Å². The average Bonchev–Trinajstić information content (AvgIpc) is 3.38. The predicted molar refractivity (Wildman–Crippen MR) is 104 cm³/mol. The summed E-state index contributed by atoms with van der Waals surface area (Å²) in [6.45, 7) is 6.91. The van der Waals surface area contributed by atoms with Gasteiger partial charge in [-0.3, -0.25) is 4.79 Å². The SMILES string of the molecule is CCNC(=NCc1ccc(N2CCCC2)nc1)NCCNC(=O)C1CC1. The molecule has 7 heteroatoms. The van der Waals surface area contributed by atoms with Gasteiger partial charge in [0.15, 0.2) is 5.96 Å². The highest BCUT2D eigenvalue weighted by atomic mass is 16.2. The van der Waals surface area contributed by atoms with Gasteiger partial charge in [-0.25, -0.2) is 9.98 Å². The molecule has 3 rings (SSSR count). The van der Waals surface area contributed by atoms with Gasteiger partial charge in [0.25, 0.3) is 0 Å². The van der Waals surface area contributed by atoms with E-state index in [2.05, 4.69) is 43.0 Å². The number of aromatic nitrogens is 1. The fraction of sp³-hybridized carbons (Fsp3) is 0.632. The zero-order valence-electron chi connectivity index (χ0n) is 15.6. The van der Waals surface area contributed by atoms with Crippen molar-refractivity contribution in [1.29, 1.82) is 0 Å². The Morgan fingerprint density at radius 2 is 1.96 bits per heavy atom. The first kappa shape index (κ1) is 18.5. The molecule has 1 aliphatic carbocycles. The second kappa shape index (κ2) is 9.40. The Balaban J connectivity index is 1.44. The first-order chi connectivity index (χ1) is 12.8. The molecule has 0 unspecified atom stereocenters. The van der Waals surface area contributed by atoms with Gasteiger partial charge in [-0.05, 0) is 44.2 Å². The molecule has 0 bridgehead atoms. The zero-order chi connectivity index (χ0) is 18.2. The van der Waals surface area contributed by atoms with E-state index in [1.165, 1.54) is 12.8 Å². The number of carbonyl (C=O) groups excluding carboxylic acids is 1. The Labute approximate surface area is 155 Å². The second-order valence-electron chi connectivity index (χ2n) is 6.91. The Morgan fingerprint density at radius 1 is 1.19 bits per heavy atom.